The largest absolute Gasteiger partial charge is 0.463 e. The predicted octanol–water partition coefficient (Wildman–Crippen LogP) is 3.87. The third kappa shape index (κ3) is 2.21. The number of carbonyl (C=O) groups excluding carboxylic acids is 1. The van der Waals surface area contributed by atoms with Crippen molar-refractivity contribution in [3.63, 3.8) is 0 Å². The molecule has 0 amide bonds. The Morgan fingerprint density at radius 3 is 2.75 bits per heavy atom. The fourth-order valence-electron chi connectivity index (χ4n) is 1.84. The monoisotopic (exact) mass is 304 g/mol. The molecule has 100 valence electrons. The Morgan fingerprint density at radius 2 is 2.05 bits per heavy atom. The van der Waals surface area contributed by atoms with E-state index >= 15 is 0 Å². The number of anilines is 1. The SMILES string of the molecule is Nc1nc(-c2ccco2)c(C(=O)c2ccccc2Cl)s1. The number of nitrogens with zero attached hydrogens (tertiary/aromatic N) is 1. The highest BCUT2D eigenvalue weighted by Crippen LogP contribution is 2.33. The summed E-state index contributed by atoms with van der Waals surface area (Å²) in [7, 11) is 0. The van der Waals surface area contributed by atoms with Crippen molar-refractivity contribution in [3.8, 4) is 11.5 Å². The van der Waals surface area contributed by atoms with Gasteiger partial charge in [0.15, 0.2) is 10.9 Å². The van der Waals surface area contributed by atoms with Crippen molar-refractivity contribution < 1.29 is 9.21 Å². The Balaban J connectivity index is 2.12. The lowest BCUT2D eigenvalue weighted by Crippen LogP contribution is -2.01. The topological polar surface area (TPSA) is 69.1 Å². The minimum Gasteiger partial charge on any atom is -0.463 e. The number of benzene rings is 1. The van der Waals surface area contributed by atoms with Gasteiger partial charge in [-0.1, -0.05) is 35.1 Å². The molecule has 0 fully saturated rings. The normalized spacial score (nSPS) is 10.7. The first-order valence-electron chi connectivity index (χ1n) is 5.76. The first-order valence-corrected chi connectivity index (χ1v) is 6.95. The Kier molecular flexibility index (Phi) is 3.30. The maximum atomic E-state index is 12.6. The first kappa shape index (κ1) is 12.9. The van der Waals surface area contributed by atoms with Gasteiger partial charge in [-0.05, 0) is 24.3 Å². The number of furan rings is 1. The summed E-state index contributed by atoms with van der Waals surface area (Å²) in [6.07, 6.45) is 1.52. The highest BCUT2D eigenvalue weighted by molar-refractivity contribution is 7.18. The molecule has 0 bridgehead atoms. The lowest BCUT2D eigenvalue weighted by atomic mass is 10.1. The van der Waals surface area contributed by atoms with Crippen molar-refractivity contribution in [2.45, 2.75) is 0 Å². The fraction of sp³-hybridized carbons (Fsp3) is 0. The Labute approximate surface area is 123 Å². The van der Waals surface area contributed by atoms with E-state index in [1.165, 1.54) is 6.26 Å². The van der Waals surface area contributed by atoms with Gasteiger partial charge in [0.05, 0.1) is 11.3 Å². The van der Waals surface area contributed by atoms with Gasteiger partial charge in [-0.3, -0.25) is 4.79 Å². The van der Waals surface area contributed by atoms with E-state index in [9.17, 15) is 4.79 Å². The third-order valence-electron chi connectivity index (χ3n) is 2.72. The quantitative estimate of drug-likeness (QED) is 0.746. The number of rotatable bonds is 3. The van der Waals surface area contributed by atoms with Crippen molar-refractivity contribution in [1.82, 2.24) is 4.98 Å². The molecule has 2 aromatic heterocycles. The van der Waals surface area contributed by atoms with Gasteiger partial charge < -0.3 is 10.2 Å². The van der Waals surface area contributed by atoms with Gasteiger partial charge in [0.2, 0.25) is 5.78 Å². The number of halogens is 1. The van der Waals surface area contributed by atoms with Crippen molar-refractivity contribution >= 4 is 33.9 Å². The van der Waals surface area contributed by atoms with Crippen LogP contribution in [0.3, 0.4) is 0 Å². The highest BCUT2D eigenvalue weighted by atomic mass is 35.5. The van der Waals surface area contributed by atoms with Gasteiger partial charge in [0.25, 0.3) is 0 Å². The number of nitrogen functional groups attached to an aromatic ring is 1. The molecule has 0 saturated heterocycles. The molecule has 6 heteroatoms. The Morgan fingerprint density at radius 1 is 1.25 bits per heavy atom. The minimum absolute atomic E-state index is 0.212. The van der Waals surface area contributed by atoms with E-state index in [2.05, 4.69) is 4.98 Å². The fourth-order valence-corrected chi connectivity index (χ4v) is 2.85. The number of hydrogen-bond donors (Lipinski definition) is 1. The summed E-state index contributed by atoms with van der Waals surface area (Å²) in [5, 5.41) is 0.710. The van der Waals surface area contributed by atoms with Crippen molar-refractivity contribution in [2.24, 2.45) is 0 Å². The molecule has 0 radical (unpaired) electrons. The first-order chi connectivity index (χ1) is 9.66. The average molecular weight is 305 g/mol. The molecular formula is C14H9ClN2O2S. The van der Waals surface area contributed by atoms with E-state index in [-0.39, 0.29) is 5.78 Å². The molecule has 3 aromatic rings. The molecule has 0 unspecified atom stereocenters. The van der Waals surface area contributed by atoms with Crippen LogP contribution in [0.1, 0.15) is 15.2 Å². The summed E-state index contributed by atoms with van der Waals surface area (Å²) in [5.41, 5.74) is 6.59. The number of aromatic nitrogens is 1. The maximum absolute atomic E-state index is 12.6. The maximum Gasteiger partial charge on any atom is 0.206 e. The third-order valence-corrected chi connectivity index (χ3v) is 3.94. The van der Waals surface area contributed by atoms with Crippen LogP contribution in [-0.2, 0) is 0 Å². The van der Waals surface area contributed by atoms with Crippen molar-refractivity contribution in [2.75, 3.05) is 5.73 Å². The van der Waals surface area contributed by atoms with E-state index in [0.717, 1.165) is 11.3 Å². The standard InChI is InChI=1S/C14H9ClN2O2S/c15-9-5-2-1-4-8(9)12(18)13-11(17-14(16)20-13)10-6-3-7-19-10/h1-7H,(H2,16,17). The van der Waals surface area contributed by atoms with Crippen molar-refractivity contribution in [3.05, 3.63) is 58.1 Å². The number of ketones is 1. The number of thiazole rings is 1. The Hall–Kier alpha value is -2.11. The molecule has 4 nitrogen and oxygen atoms in total. The molecule has 1 aromatic carbocycles. The summed E-state index contributed by atoms with van der Waals surface area (Å²) in [6.45, 7) is 0. The zero-order valence-electron chi connectivity index (χ0n) is 10.2. The van der Waals surface area contributed by atoms with Crippen LogP contribution in [0, 0.1) is 0 Å². The van der Waals surface area contributed by atoms with Gasteiger partial charge in [0, 0.05) is 5.56 Å². The van der Waals surface area contributed by atoms with E-state index in [1.54, 1.807) is 36.4 Å². The Bertz CT molecular complexity index is 765. The average Bonchev–Trinajstić information content (AvgIpc) is 3.07. The van der Waals surface area contributed by atoms with E-state index < -0.39 is 0 Å². The van der Waals surface area contributed by atoms with Crippen molar-refractivity contribution in [1.29, 1.82) is 0 Å². The number of nitrogens with two attached hydrogens (primary N) is 1. The van der Waals surface area contributed by atoms with Crippen LogP contribution in [-0.4, -0.2) is 10.8 Å². The predicted molar refractivity (Wildman–Crippen MR) is 79.1 cm³/mol. The lowest BCUT2D eigenvalue weighted by Gasteiger charge is -2.02. The molecule has 3 rings (SSSR count). The molecule has 0 aliphatic carbocycles. The van der Waals surface area contributed by atoms with Crippen LogP contribution in [0.15, 0.2) is 47.1 Å². The molecule has 2 N–H and O–H groups in total. The zero-order valence-corrected chi connectivity index (χ0v) is 11.7. The van der Waals surface area contributed by atoms with E-state index in [0.29, 0.717) is 32.0 Å². The van der Waals surface area contributed by atoms with Crippen LogP contribution in [0.2, 0.25) is 5.02 Å². The summed E-state index contributed by atoms with van der Waals surface area (Å²) in [5.74, 6) is 0.296. The molecular weight excluding hydrogens is 296 g/mol. The molecule has 0 aliphatic rings. The van der Waals surface area contributed by atoms with Gasteiger partial charge >= 0.3 is 0 Å². The van der Waals surface area contributed by atoms with Crippen LogP contribution in [0.5, 0.6) is 0 Å². The summed E-state index contributed by atoms with van der Waals surface area (Å²) >= 11 is 7.18. The second-order valence-electron chi connectivity index (χ2n) is 4.02. The van der Waals surface area contributed by atoms with E-state index in [4.69, 9.17) is 21.8 Å². The summed E-state index contributed by atoms with van der Waals surface area (Å²) in [6, 6.07) is 10.3. The lowest BCUT2D eigenvalue weighted by molar-refractivity contribution is 0.104. The van der Waals surface area contributed by atoms with Crippen LogP contribution >= 0.6 is 22.9 Å². The van der Waals surface area contributed by atoms with E-state index in [1.807, 2.05) is 0 Å². The van der Waals surface area contributed by atoms with Gasteiger partial charge in [-0.2, -0.15) is 0 Å². The smallest absolute Gasteiger partial charge is 0.206 e. The summed E-state index contributed by atoms with van der Waals surface area (Å²) < 4.78 is 5.29. The second kappa shape index (κ2) is 5.11. The molecule has 0 aliphatic heterocycles. The van der Waals surface area contributed by atoms with Gasteiger partial charge in [-0.25, -0.2) is 4.98 Å². The second-order valence-corrected chi connectivity index (χ2v) is 5.45. The summed E-state index contributed by atoms with van der Waals surface area (Å²) in [4.78, 5) is 17.2. The van der Waals surface area contributed by atoms with Gasteiger partial charge in [0.1, 0.15) is 10.6 Å². The van der Waals surface area contributed by atoms with Gasteiger partial charge in [-0.15, -0.1) is 0 Å². The molecule has 0 spiro atoms. The van der Waals surface area contributed by atoms with Crippen LogP contribution in [0.25, 0.3) is 11.5 Å². The zero-order chi connectivity index (χ0) is 14.1. The van der Waals surface area contributed by atoms with Crippen LogP contribution in [0.4, 0.5) is 5.13 Å². The molecule has 0 atom stereocenters. The minimum atomic E-state index is -0.212. The molecule has 2 heterocycles. The van der Waals surface area contributed by atoms with Crippen LogP contribution < -0.4 is 5.73 Å². The molecule has 0 saturated carbocycles. The molecule has 20 heavy (non-hydrogen) atoms. The number of carbonyl (C=O) groups is 1. The highest BCUT2D eigenvalue weighted by Gasteiger charge is 2.22. The number of hydrogen-bond acceptors (Lipinski definition) is 5.